The first-order valence-electron chi connectivity index (χ1n) is 17.9. The number of benzene rings is 9. The van der Waals surface area contributed by atoms with Gasteiger partial charge in [-0.2, -0.15) is 0 Å². The maximum absolute atomic E-state index is 2.43. The van der Waals surface area contributed by atoms with E-state index in [1.807, 2.05) is 0 Å². The first kappa shape index (κ1) is 28.9. The van der Waals surface area contributed by atoms with Crippen LogP contribution in [0.5, 0.6) is 0 Å². The molecule has 0 aliphatic heterocycles. The van der Waals surface area contributed by atoms with Crippen molar-refractivity contribution in [3.8, 4) is 33.6 Å². The Balaban J connectivity index is 1.04. The van der Waals surface area contributed by atoms with Crippen molar-refractivity contribution in [2.24, 2.45) is 0 Å². The normalized spacial score (nSPS) is 11.8. The first-order chi connectivity index (χ1) is 25.8. The summed E-state index contributed by atoms with van der Waals surface area (Å²) in [5, 5.41) is 10.1. The highest BCUT2D eigenvalue weighted by Gasteiger charge is 2.17. The van der Waals surface area contributed by atoms with E-state index in [1.165, 1.54) is 93.1 Å². The molecule has 0 radical (unpaired) electrons. The number of hydrogen-bond donors (Lipinski definition) is 0. The van der Waals surface area contributed by atoms with Crippen molar-refractivity contribution in [2.75, 3.05) is 0 Å². The number of para-hydroxylation sites is 2. The molecule has 0 unspecified atom stereocenters. The van der Waals surface area contributed by atoms with Crippen LogP contribution in [0, 0.1) is 0 Å². The summed E-state index contributed by atoms with van der Waals surface area (Å²) in [4.78, 5) is 0. The largest absolute Gasteiger partial charge is 0.309 e. The quantitative estimate of drug-likeness (QED) is 0.178. The highest BCUT2D eigenvalue weighted by Crippen LogP contribution is 2.39. The molecule has 0 saturated carbocycles. The fourth-order valence-corrected chi connectivity index (χ4v) is 8.42. The van der Waals surface area contributed by atoms with E-state index in [1.54, 1.807) is 0 Å². The van der Waals surface area contributed by atoms with Gasteiger partial charge in [-0.15, -0.1) is 0 Å². The highest BCUT2D eigenvalue weighted by molar-refractivity contribution is 6.13. The summed E-state index contributed by atoms with van der Waals surface area (Å²) in [7, 11) is 0. The molecular formula is C50H32N2. The molecule has 2 heteroatoms. The zero-order valence-electron chi connectivity index (χ0n) is 28.4. The van der Waals surface area contributed by atoms with E-state index < -0.39 is 0 Å². The maximum Gasteiger partial charge on any atom is 0.0541 e. The molecule has 0 fully saturated rings. The second kappa shape index (κ2) is 11.3. The molecule has 0 bridgehead atoms. The third kappa shape index (κ3) is 4.38. The zero-order chi connectivity index (χ0) is 34.2. The minimum absolute atomic E-state index is 1.16. The van der Waals surface area contributed by atoms with Crippen molar-refractivity contribution in [1.82, 2.24) is 9.13 Å². The fourth-order valence-electron chi connectivity index (χ4n) is 8.42. The monoisotopic (exact) mass is 660 g/mol. The molecule has 242 valence electrons. The van der Waals surface area contributed by atoms with Crippen LogP contribution in [-0.4, -0.2) is 9.13 Å². The van der Waals surface area contributed by atoms with Crippen molar-refractivity contribution in [2.45, 2.75) is 0 Å². The van der Waals surface area contributed by atoms with E-state index in [0.717, 1.165) is 5.69 Å². The van der Waals surface area contributed by atoms with Gasteiger partial charge in [0.05, 0.1) is 27.8 Å². The lowest BCUT2D eigenvalue weighted by molar-refractivity contribution is 1.18. The van der Waals surface area contributed by atoms with Crippen molar-refractivity contribution < 1.29 is 0 Å². The van der Waals surface area contributed by atoms with E-state index in [4.69, 9.17) is 0 Å². The van der Waals surface area contributed by atoms with Gasteiger partial charge in [-0.25, -0.2) is 0 Å². The third-order valence-corrected chi connectivity index (χ3v) is 10.9. The van der Waals surface area contributed by atoms with Crippen LogP contribution in [0.4, 0.5) is 0 Å². The molecule has 2 nitrogen and oxygen atoms in total. The summed E-state index contributed by atoms with van der Waals surface area (Å²) in [5.41, 5.74) is 12.1. The van der Waals surface area contributed by atoms with Gasteiger partial charge in [0, 0.05) is 32.6 Å². The Bertz CT molecular complexity index is 3170. The van der Waals surface area contributed by atoms with Crippen LogP contribution in [0.1, 0.15) is 0 Å². The first-order valence-corrected chi connectivity index (χ1v) is 17.9. The molecule has 0 amide bonds. The van der Waals surface area contributed by atoms with Crippen molar-refractivity contribution >= 4 is 65.2 Å². The van der Waals surface area contributed by atoms with Crippen molar-refractivity contribution in [3.05, 3.63) is 194 Å². The van der Waals surface area contributed by atoms with Crippen LogP contribution in [0.2, 0.25) is 0 Å². The second-order valence-corrected chi connectivity index (χ2v) is 13.8. The highest BCUT2D eigenvalue weighted by atomic mass is 15.0. The second-order valence-electron chi connectivity index (χ2n) is 13.8. The predicted molar refractivity (Wildman–Crippen MR) is 221 cm³/mol. The third-order valence-electron chi connectivity index (χ3n) is 10.9. The van der Waals surface area contributed by atoms with Gasteiger partial charge in [-0.1, -0.05) is 133 Å². The average molecular weight is 661 g/mol. The molecule has 11 aromatic rings. The molecular weight excluding hydrogens is 629 g/mol. The van der Waals surface area contributed by atoms with Crippen LogP contribution in [0.25, 0.3) is 98.8 Å². The Hall–Kier alpha value is -6.90. The molecule has 0 aliphatic carbocycles. The van der Waals surface area contributed by atoms with Gasteiger partial charge in [0.15, 0.2) is 0 Å². The minimum Gasteiger partial charge on any atom is -0.309 e. The molecule has 0 aliphatic rings. The van der Waals surface area contributed by atoms with Gasteiger partial charge >= 0.3 is 0 Å². The SMILES string of the molecule is c1ccc2cc(-c3ccc(-n4c5ccccc5c5cc(-c6ccc7c(c6)c6ccccc6n7-c6cccc7ccccc67)ccc54)cc3)ccc2c1. The molecule has 2 aromatic heterocycles. The fraction of sp³-hybridized carbons (Fsp3) is 0. The number of fused-ring (bicyclic) bond motifs is 8. The topological polar surface area (TPSA) is 9.86 Å². The number of aromatic nitrogens is 2. The van der Waals surface area contributed by atoms with Gasteiger partial charge < -0.3 is 9.13 Å². The molecule has 9 aromatic carbocycles. The minimum atomic E-state index is 1.16. The molecule has 0 atom stereocenters. The van der Waals surface area contributed by atoms with Gasteiger partial charge in [0.25, 0.3) is 0 Å². The summed E-state index contributed by atoms with van der Waals surface area (Å²) in [6, 6.07) is 71.0. The summed E-state index contributed by atoms with van der Waals surface area (Å²) in [5.74, 6) is 0. The van der Waals surface area contributed by atoms with E-state index in [9.17, 15) is 0 Å². The van der Waals surface area contributed by atoms with Crippen molar-refractivity contribution in [1.29, 1.82) is 0 Å². The lowest BCUT2D eigenvalue weighted by atomic mass is 10.0. The van der Waals surface area contributed by atoms with E-state index in [0.29, 0.717) is 0 Å². The van der Waals surface area contributed by atoms with E-state index in [2.05, 4.69) is 203 Å². The summed E-state index contributed by atoms with van der Waals surface area (Å²) < 4.78 is 4.83. The standard InChI is InChI=1S/C50H32N2/c1-2-12-36-30-37(21-20-33(36)10-1)34-22-26-40(27-23-34)51-47-17-7-5-15-42(47)44-31-38(24-28-49(44)51)39-25-29-50-45(32-39)43-16-6-8-18-48(43)52(50)46-19-9-13-35-11-3-4-14-41(35)46/h1-32H. The van der Waals surface area contributed by atoms with Crippen LogP contribution < -0.4 is 0 Å². The van der Waals surface area contributed by atoms with E-state index >= 15 is 0 Å². The average Bonchev–Trinajstić information content (AvgIpc) is 3.72. The molecule has 2 heterocycles. The molecule has 11 rings (SSSR count). The number of rotatable bonds is 4. The molecule has 0 saturated heterocycles. The Kier molecular flexibility index (Phi) is 6.28. The molecule has 0 spiro atoms. The number of nitrogens with zero attached hydrogens (tertiary/aromatic N) is 2. The Morgan fingerprint density at radius 2 is 0.731 bits per heavy atom. The Morgan fingerprint density at radius 1 is 0.250 bits per heavy atom. The van der Waals surface area contributed by atoms with Gasteiger partial charge in [0.2, 0.25) is 0 Å². The Morgan fingerprint density at radius 3 is 1.44 bits per heavy atom. The number of hydrogen-bond acceptors (Lipinski definition) is 0. The smallest absolute Gasteiger partial charge is 0.0541 e. The maximum atomic E-state index is 2.43. The van der Waals surface area contributed by atoms with Crippen molar-refractivity contribution in [3.63, 3.8) is 0 Å². The van der Waals surface area contributed by atoms with Crippen LogP contribution in [-0.2, 0) is 0 Å². The van der Waals surface area contributed by atoms with Gasteiger partial charge in [0.1, 0.15) is 0 Å². The van der Waals surface area contributed by atoms with Crippen LogP contribution >= 0.6 is 0 Å². The van der Waals surface area contributed by atoms with Gasteiger partial charge in [-0.3, -0.25) is 0 Å². The van der Waals surface area contributed by atoms with Gasteiger partial charge in [-0.05, 0) is 99.1 Å². The summed E-state index contributed by atoms with van der Waals surface area (Å²) in [6.45, 7) is 0. The lowest BCUT2D eigenvalue weighted by Gasteiger charge is -2.12. The van der Waals surface area contributed by atoms with Crippen LogP contribution in [0.15, 0.2) is 194 Å². The van der Waals surface area contributed by atoms with Crippen LogP contribution in [0.3, 0.4) is 0 Å². The summed E-state index contributed by atoms with van der Waals surface area (Å²) in [6.07, 6.45) is 0. The zero-order valence-corrected chi connectivity index (χ0v) is 28.4. The summed E-state index contributed by atoms with van der Waals surface area (Å²) >= 11 is 0. The predicted octanol–water partition coefficient (Wildman–Crippen LogP) is 13.5. The molecule has 52 heavy (non-hydrogen) atoms. The molecule has 0 N–H and O–H groups in total. The Labute approximate surface area is 301 Å². The lowest BCUT2D eigenvalue weighted by Crippen LogP contribution is -1.95. The van der Waals surface area contributed by atoms with E-state index in [-0.39, 0.29) is 0 Å².